The van der Waals surface area contributed by atoms with Gasteiger partial charge in [-0.2, -0.15) is 23.4 Å². The van der Waals surface area contributed by atoms with Gasteiger partial charge < -0.3 is 19.4 Å². The third-order valence-corrected chi connectivity index (χ3v) is 7.74. The Hall–Kier alpha value is -4.24. The van der Waals surface area contributed by atoms with Crippen molar-refractivity contribution in [2.24, 2.45) is 0 Å². The second-order valence-electron chi connectivity index (χ2n) is 10.2. The van der Waals surface area contributed by atoms with Crippen LogP contribution in [-0.2, 0) is 23.2 Å². The predicted octanol–water partition coefficient (Wildman–Crippen LogP) is 1.83. The smallest absolute Gasteiger partial charge is 0.406 e. The first-order valence-electron chi connectivity index (χ1n) is 12.7. The fourth-order valence-electron chi connectivity index (χ4n) is 5.87. The van der Waals surface area contributed by atoms with Crippen molar-refractivity contribution < 1.29 is 27.1 Å². The first-order valence-corrected chi connectivity index (χ1v) is 12.7. The molecule has 1 saturated heterocycles. The van der Waals surface area contributed by atoms with E-state index in [1.54, 1.807) is 4.90 Å². The average Bonchev–Trinajstić information content (AvgIpc) is 3.50. The molecule has 1 aromatic carbocycles. The fraction of sp³-hybridized carbons (Fsp3) is 0.500. The van der Waals surface area contributed by atoms with Crippen molar-refractivity contribution in [3.05, 3.63) is 45.3 Å². The largest absolute Gasteiger partial charge is 0.485 e. The second kappa shape index (κ2) is 9.45. The molecule has 5 heterocycles. The van der Waals surface area contributed by atoms with E-state index in [2.05, 4.69) is 30.6 Å². The van der Waals surface area contributed by atoms with Gasteiger partial charge in [0.15, 0.2) is 6.61 Å². The molecule has 2 aromatic heterocycles. The molecule has 12 nitrogen and oxygen atoms in total. The van der Waals surface area contributed by atoms with E-state index >= 15 is 4.39 Å². The van der Waals surface area contributed by atoms with E-state index in [0.717, 1.165) is 19.0 Å². The number of nitrogens with one attached hydrogen (secondary N) is 2. The quantitative estimate of drug-likeness (QED) is 0.446. The van der Waals surface area contributed by atoms with E-state index in [4.69, 9.17) is 4.74 Å². The first-order chi connectivity index (χ1) is 19.1. The minimum absolute atomic E-state index is 0.0316. The molecule has 2 N–H and O–H groups in total. The normalized spacial score (nSPS) is 18.3. The Morgan fingerprint density at radius 3 is 2.62 bits per heavy atom. The number of ether oxygens (including phenoxy) is 1. The number of amides is 1. The van der Waals surface area contributed by atoms with Crippen LogP contribution in [0.4, 0.5) is 35.0 Å². The third kappa shape index (κ3) is 4.40. The second-order valence-corrected chi connectivity index (χ2v) is 10.2. The van der Waals surface area contributed by atoms with E-state index in [1.807, 2.05) is 11.9 Å². The number of alkyl halides is 3. The fourth-order valence-corrected chi connectivity index (χ4v) is 5.87. The highest BCUT2D eigenvalue weighted by atomic mass is 19.4. The standard InChI is InChI=1S/C24H25F4N9O3/c1-35-6-2-3-14-19(35)29-22(30-20(14)38)36-7-4-23(5-8-36)18-15(25)9-13(40-11-17-31-33-34-32-17)10-16(18)37(21(23)39)12-24(26,27)28/h9-10H,2-8,11-12H2,1H3,(H,29,30,38)(H,31,32,33,34). The van der Waals surface area contributed by atoms with Crippen LogP contribution in [-0.4, -0.2) is 75.9 Å². The summed E-state index contributed by atoms with van der Waals surface area (Å²) in [6.45, 7) is -0.669. The number of anilines is 3. The van der Waals surface area contributed by atoms with Gasteiger partial charge >= 0.3 is 6.18 Å². The Labute approximate surface area is 224 Å². The maximum Gasteiger partial charge on any atom is 0.406 e. The summed E-state index contributed by atoms with van der Waals surface area (Å²) in [4.78, 5) is 38.1. The predicted molar refractivity (Wildman–Crippen MR) is 133 cm³/mol. The molecule has 3 aliphatic heterocycles. The maximum absolute atomic E-state index is 15.7. The van der Waals surface area contributed by atoms with Crippen LogP contribution in [0.2, 0.25) is 0 Å². The molecule has 3 aliphatic rings. The highest BCUT2D eigenvalue weighted by Crippen LogP contribution is 2.51. The number of hydrogen-bond donors (Lipinski definition) is 2. The molecular weight excluding hydrogens is 538 g/mol. The van der Waals surface area contributed by atoms with Gasteiger partial charge in [-0.3, -0.25) is 14.6 Å². The van der Waals surface area contributed by atoms with Crippen LogP contribution in [0.1, 0.15) is 36.2 Å². The summed E-state index contributed by atoms with van der Waals surface area (Å²) in [7, 11) is 1.85. The van der Waals surface area contributed by atoms with Gasteiger partial charge in [0.1, 0.15) is 23.9 Å². The number of aromatic amines is 2. The molecule has 1 fully saturated rings. The lowest BCUT2D eigenvalue weighted by atomic mass is 9.73. The monoisotopic (exact) mass is 563 g/mol. The van der Waals surface area contributed by atoms with Gasteiger partial charge in [-0.05, 0) is 25.7 Å². The number of rotatable bonds is 5. The van der Waals surface area contributed by atoms with Crippen molar-refractivity contribution in [1.82, 2.24) is 30.6 Å². The van der Waals surface area contributed by atoms with Gasteiger partial charge in [0, 0.05) is 44.4 Å². The molecule has 1 amide bonds. The molecule has 16 heteroatoms. The summed E-state index contributed by atoms with van der Waals surface area (Å²) in [6.07, 6.45) is -3.19. The lowest BCUT2D eigenvalue weighted by Crippen LogP contribution is -2.51. The molecule has 0 atom stereocenters. The van der Waals surface area contributed by atoms with Crippen molar-refractivity contribution >= 4 is 23.4 Å². The Balaban J connectivity index is 1.31. The minimum atomic E-state index is -4.71. The number of fused-ring (bicyclic) bond motifs is 3. The molecule has 40 heavy (non-hydrogen) atoms. The Bertz CT molecular complexity index is 1500. The number of piperidine rings is 1. The van der Waals surface area contributed by atoms with Crippen LogP contribution < -0.4 is 25.0 Å². The number of tetrazole rings is 1. The van der Waals surface area contributed by atoms with Crippen molar-refractivity contribution in [3.8, 4) is 5.75 Å². The molecule has 3 aromatic rings. The van der Waals surface area contributed by atoms with Crippen LogP contribution in [0.5, 0.6) is 5.75 Å². The summed E-state index contributed by atoms with van der Waals surface area (Å²) in [5, 5.41) is 13.1. The molecule has 6 rings (SSSR count). The van der Waals surface area contributed by atoms with Gasteiger partial charge in [-0.1, -0.05) is 5.21 Å². The van der Waals surface area contributed by atoms with Crippen LogP contribution in [0.3, 0.4) is 0 Å². The average molecular weight is 564 g/mol. The number of benzene rings is 1. The van der Waals surface area contributed by atoms with Gasteiger partial charge in [0.05, 0.1) is 16.7 Å². The van der Waals surface area contributed by atoms with Crippen LogP contribution >= 0.6 is 0 Å². The number of carbonyl (C=O) groups excluding carboxylic acids is 1. The number of carbonyl (C=O) groups is 1. The van der Waals surface area contributed by atoms with E-state index in [1.165, 1.54) is 6.07 Å². The van der Waals surface area contributed by atoms with E-state index in [-0.39, 0.29) is 60.9 Å². The summed E-state index contributed by atoms with van der Waals surface area (Å²) < 4.78 is 61.8. The molecule has 0 saturated carbocycles. The highest BCUT2D eigenvalue weighted by molar-refractivity contribution is 6.08. The van der Waals surface area contributed by atoms with Crippen molar-refractivity contribution in [3.63, 3.8) is 0 Å². The molecular formula is C24H25F4N9O3. The van der Waals surface area contributed by atoms with Crippen molar-refractivity contribution in [1.29, 1.82) is 0 Å². The Morgan fingerprint density at radius 2 is 1.93 bits per heavy atom. The van der Waals surface area contributed by atoms with Gasteiger partial charge in [0.2, 0.25) is 17.7 Å². The lowest BCUT2D eigenvalue weighted by molar-refractivity contribution is -0.135. The summed E-state index contributed by atoms with van der Waals surface area (Å²) in [5.74, 6) is -0.669. The number of nitrogens with zero attached hydrogens (tertiary/aromatic N) is 7. The zero-order valence-electron chi connectivity index (χ0n) is 21.4. The Kier molecular flexibility index (Phi) is 6.14. The van der Waals surface area contributed by atoms with Gasteiger partial charge in [-0.25, -0.2) is 4.39 Å². The van der Waals surface area contributed by atoms with Crippen LogP contribution in [0, 0.1) is 5.82 Å². The van der Waals surface area contributed by atoms with Gasteiger partial charge in [0.25, 0.3) is 5.56 Å². The van der Waals surface area contributed by atoms with E-state index in [0.29, 0.717) is 28.7 Å². The maximum atomic E-state index is 15.7. The molecule has 1 spiro atoms. The number of H-pyrrole nitrogens is 2. The van der Waals surface area contributed by atoms with Crippen molar-refractivity contribution in [2.45, 2.75) is 43.9 Å². The highest BCUT2D eigenvalue weighted by Gasteiger charge is 2.56. The molecule has 0 aliphatic carbocycles. The zero-order chi connectivity index (χ0) is 28.2. The first kappa shape index (κ1) is 26.0. The summed E-state index contributed by atoms with van der Waals surface area (Å²) >= 11 is 0. The summed E-state index contributed by atoms with van der Waals surface area (Å²) in [5.41, 5.74) is -1.41. The number of halogens is 4. The minimum Gasteiger partial charge on any atom is -0.485 e. The lowest BCUT2D eigenvalue weighted by Gasteiger charge is -2.39. The summed E-state index contributed by atoms with van der Waals surface area (Å²) in [6, 6.07) is 2.29. The van der Waals surface area contributed by atoms with E-state index in [9.17, 15) is 22.8 Å². The molecule has 212 valence electrons. The SMILES string of the molecule is CN1CCCc2c1nc(N1CCC3(CC1)C(=O)N(CC(F)(F)F)c1cc(OCc4nn[nH]n4)cc(F)c13)[nH]c2=O. The van der Waals surface area contributed by atoms with E-state index < -0.39 is 29.9 Å². The molecule has 0 radical (unpaired) electrons. The number of hydrogen-bond acceptors (Lipinski definition) is 9. The molecule has 0 bridgehead atoms. The van der Waals surface area contributed by atoms with Gasteiger partial charge in [-0.15, -0.1) is 10.2 Å². The van der Waals surface area contributed by atoms with Crippen LogP contribution in [0.25, 0.3) is 0 Å². The third-order valence-electron chi connectivity index (χ3n) is 7.74. The van der Waals surface area contributed by atoms with Crippen LogP contribution in [0.15, 0.2) is 16.9 Å². The number of aromatic nitrogens is 6. The molecule has 0 unspecified atom stereocenters. The topological polar surface area (TPSA) is 136 Å². The zero-order valence-corrected chi connectivity index (χ0v) is 21.4. The Morgan fingerprint density at radius 1 is 1.15 bits per heavy atom. The van der Waals surface area contributed by atoms with Crippen molar-refractivity contribution in [2.75, 3.05) is 47.9 Å².